The number of ether oxygens (including phenoxy) is 1. The highest BCUT2D eigenvalue weighted by Gasteiger charge is 2.39. The standard InChI is InChI=1S/C15H30N2O3S/c1-13(2,3)21(19)9-8-16-12(18)17-10-14(4,5)20-15(6,7)11-17/h8-11H2,1-7H3,(H,16,18)/t21-/m0/s1. The Balaban J connectivity index is 2.51. The first kappa shape index (κ1) is 18.4. The highest BCUT2D eigenvalue weighted by atomic mass is 32.2. The zero-order valence-electron chi connectivity index (χ0n) is 14.4. The van der Waals surface area contributed by atoms with E-state index >= 15 is 0 Å². The maximum atomic E-state index is 12.3. The summed E-state index contributed by atoms with van der Waals surface area (Å²) >= 11 is 0. The van der Waals surface area contributed by atoms with Crippen LogP contribution in [0, 0.1) is 0 Å². The van der Waals surface area contributed by atoms with E-state index < -0.39 is 10.8 Å². The first-order valence-corrected chi connectivity index (χ1v) is 8.76. The van der Waals surface area contributed by atoms with Crippen LogP contribution in [0.3, 0.4) is 0 Å². The van der Waals surface area contributed by atoms with E-state index in [1.54, 1.807) is 4.90 Å². The van der Waals surface area contributed by atoms with Gasteiger partial charge in [-0.1, -0.05) is 0 Å². The Morgan fingerprint density at radius 1 is 1.19 bits per heavy atom. The summed E-state index contributed by atoms with van der Waals surface area (Å²) in [5.74, 6) is 0.479. The minimum Gasteiger partial charge on any atom is -0.366 e. The van der Waals surface area contributed by atoms with Gasteiger partial charge in [0.2, 0.25) is 0 Å². The number of morpholine rings is 1. The molecule has 2 amide bonds. The molecule has 21 heavy (non-hydrogen) atoms. The Bertz CT molecular complexity index is 398. The second-order valence-electron chi connectivity index (χ2n) is 7.87. The molecule has 1 fully saturated rings. The molecular weight excluding hydrogens is 288 g/mol. The van der Waals surface area contributed by atoms with E-state index in [4.69, 9.17) is 4.74 Å². The molecule has 0 aliphatic carbocycles. The molecule has 5 nitrogen and oxygen atoms in total. The van der Waals surface area contributed by atoms with Crippen LogP contribution in [0.4, 0.5) is 4.79 Å². The summed E-state index contributed by atoms with van der Waals surface area (Å²) in [4.78, 5) is 14.0. The van der Waals surface area contributed by atoms with Crippen LogP contribution >= 0.6 is 0 Å². The van der Waals surface area contributed by atoms with Gasteiger partial charge in [-0.05, 0) is 48.5 Å². The lowest BCUT2D eigenvalue weighted by Gasteiger charge is -2.47. The Morgan fingerprint density at radius 3 is 2.10 bits per heavy atom. The van der Waals surface area contributed by atoms with Crippen LogP contribution in [-0.2, 0) is 15.5 Å². The number of rotatable bonds is 3. The lowest BCUT2D eigenvalue weighted by atomic mass is 9.99. The first-order valence-electron chi connectivity index (χ1n) is 7.44. The Morgan fingerprint density at radius 2 is 1.67 bits per heavy atom. The van der Waals surface area contributed by atoms with Gasteiger partial charge in [0.05, 0.1) is 24.3 Å². The molecule has 0 aromatic heterocycles. The van der Waals surface area contributed by atoms with E-state index in [9.17, 15) is 9.00 Å². The van der Waals surface area contributed by atoms with E-state index in [1.165, 1.54) is 0 Å². The third-order valence-corrected chi connectivity index (χ3v) is 5.17. The van der Waals surface area contributed by atoms with E-state index in [0.29, 0.717) is 25.4 Å². The molecule has 0 saturated carbocycles. The topological polar surface area (TPSA) is 58.6 Å². The fraction of sp³-hybridized carbons (Fsp3) is 0.933. The summed E-state index contributed by atoms with van der Waals surface area (Å²) in [6.45, 7) is 15.3. The largest absolute Gasteiger partial charge is 0.366 e. The SMILES string of the molecule is CC1(C)CN(C(=O)NCC[S@](=O)C(C)(C)C)CC(C)(C)O1. The Kier molecular flexibility index (Phi) is 5.48. The fourth-order valence-electron chi connectivity index (χ4n) is 2.60. The normalized spacial score (nSPS) is 22.7. The van der Waals surface area contributed by atoms with Crippen molar-refractivity contribution < 1.29 is 13.7 Å². The number of hydrogen-bond acceptors (Lipinski definition) is 3. The van der Waals surface area contributed by atoms with Gasteiger partial charge in [-0.15, -0.1) is 0 Å². The number of hydrogen-bond donors (Lipinski definition) is 1. The number of nitrogens with one attached hydrogen (secondary N) is 1. The minimum atomic E-state index is -0.947. The summed E-state index contributed by atoms with van der Waals surface area (Å²) in [6.07, 6.45) is 0. The molecule has 0 radical (unpaired) electrons. The maximum Gasteiger partial charge on any atom is 0.317 e. The average molecular weight is 318 g/mol. The quantitative estimate of drug-likeness (QED) is 0.867. The Labute approximate surface area is 131 Å². The molecule has 1 N–H and O–H groups in total. The number of urea groups is 1. The van der Waals surface area contributed by atoms with Gasteiger partial charge in [-0.2, -0.15) is 0 Å². The van der Waals surface area contributed by atoms with Crippen molar-refractivity contribution in [1.82, 2.24) is 10.2 Å². The Hall–Kier alpha value is -0.620. The molecule has 6 heteroatoms. The van der Waals surface area contributed by atoms with Crippen molar-refractivity contribution in [2.45, 2.75) is 64.4 Å². The van der Waals surface area contributed by atoms with Gasteiger partial charge >= 0.3 is 6.03 Å². The third kappa shape index (κ3) is 5.94. The minimum absolute atomic E-state index is 0.106. The fourth-order valence-corrected chi connectivity index (χ4v) is 3.50. The van der Waals surface area contributed by atoms with Gasteiger partial charge in [0.1, 0.15) is 0 Å². The van der Waals surface area contributed by atoms with Crippen molar-refractivity contribution >= 4 is 16.8 Å². The molecule has 1 aliphatic heterocycles. The molecule has 0 aromatic rings. The van der Waals surface area contributed by atoms with Crippen molar-refractivity contribution in [3.05, 3.63) is 0 Å². The highest BCUT2D eigenvalue weighted by molar-refractivity contribution is 7.86. The summed E-state index contributed by atoms with van der Waals surface area (Å²) in [5, 5.41) is 2.87. The molecule has 1 saturated heterocycles. The lowest BCUT2D eigenvalue weighted by Crippen LogP contribution is -2.60. The van der Waals surface area contributed by atoms with Gasteiger partial charge in [-0.3, -0.25) is 4.21 Å². The molecule has 0 unspecified atom stereocenters. The van der Waals surface area contributed by atoms with E-state index in [-0.39, 0.29) is 22.0 Å². The molecule has 1 rings (SSSR count). The van der Waals surface area contributed by atoms with Crippen molar-refractivity contribution in [3.63, 3.8) is 0 Å². The van der Waals surface area contributed by atoms with Crippen molar-refractivity contribution in [2.24, 2.45) is 0 Å². The molecule has 124 valence electrons. The van der Waals surface area contributed by atoms with Crippen LogP contribution in [0.2, 0.25) is 0 Å². The van der Waals surface area contributed by atoms with E-state index in [1.807, 2.05) is 48.5 Å². The summed E-state index contributed by atoms with van der Waals surface area (Å²) in [6, 6.07) is -0.106. The van der Waals surface area contributed by atoms with Crippen LogP contribution in [0.5, 0.6) is 0 Å². The van der Waals surface area contributed by atoms with Gasteiger partial charge in [0.25, 0.3) is 0 Å². The smallest absolute Gasteiger partial charge is 0.317 e. The first-order chi connectivity index (χ1) is 9.32. The molecule has 1 aliphatic rings. The van der Waals surface area contributed by atoms with E-state index in [0.717, 1.165) is 0 Å². The lowest BCUT2D eigenvalue weighted by molar-refractivity contribution is -0.170. The van der Waals surface area contributed by atoms with Gasteiger partial charge in [-0.25, -0.2) is 4.79 Å². The van der Waals surface area contributed by atoms with Gasteiger partial charge in [0.15, 0.2) is 0 Å². The predicted octanol–water partition coefficient (Wildman–Crippen LogP) is 2.13. The molecule has 0 spiro atoms. The van der Waals surface area contributed by atoms with Crippen LogP contribution < -0.4 is 5.32 Å². The summed E-state index contributed by atoms with van der Waals surface area (Å²) in [5.41, 5.74) is -0.708. The molecule has 0 bridgehead atoms. The highest BCUT2D eigenvalue weighted by Crippen LogP contribution is 2.27. The van der Waals surface area contributed by atoms with Gasteiger partial charge < -0.3 is 15.0 Å². The van der Waals surface area contributed by atoms with Crippen LogP contribution in [-0.4, -0.2) is 56.5 Å². The average Bonchev–Trinajstić information content (AvgIpc) is 2.22. The molecule has 1 atom stereocenters. The maximum absolute atomic E-state index is 12.3. The molecular formula is C15H30N2O3S. The predicted molar refractivity (Wildman–Crippen MR) is 87.0 cm³/mol. The number of nitrogens with zero attached hydrogens (tertiary/aromatic N) is 1. The van der Waals surface area contributed by atoms with Gasteiger partial charge in [0, 0.05) is 27.8 Å². The number of carbonyl (C=O) groups excluding carboxylic acids is 1. The zero-order chi connectivity index (χ0) is 16.5. The zero-order valence-corrected chi connectivity index (χ0v) is 15.2. The van der Waals surface area contributed by atoms with Crippen LogP contribution in [0.1, 0.15) is 48.5 Å². The molecule has 1 heterocycles. The number of amides is 2. The van der Waals surface area contributed by atoms with Crippen LogP contribution in [0.25, 0.3) is 0 Å². The monoisotopic (exact) mass is 318 g/mol. The molecule has 0 aromatic carbocycles. The third-order valence-electron chi connectivity index (χ3n) is 3.23. The van der Waals surface area contributed by atoms with Crippen LogP contribution in [0.15, 0.2) is 0 Å². The van der Waals surface area contributed by atoms with Crippen molar-refractivity contribution in [2.75, 3.05) is 25.4 Å². The summed E-state index contributed by atoms with van der Waals surface area (Å²) in [7, 11) is -0.947. The van der Waals surface area contributed by atoms with E-state index in [2.05, 4.69) is 5.32 Å². The number of carbonyl (C=O) groups is 1. The second kappa shape index (κ2) is 6.24. The van der Waals surface area contributed by atoms with Crippen molar-refractivity contribution in [3.8, 4) is 0 Å². The second-order valence-corrected chi connectivity index (χ2v) is 10.2. The summed E-state index contributed by atoms with van der Waals surface area (Å²) < 4.78 is 17.7. The van der Waals surface area contributed by atoms with Crippen molar-refractivity contribution in [1.29, 1.82) is 0 Å².